The molecule has 3 aliphatic heterocycles. The number of likely N-dealkylation sites (tertiary alicyclic amines) is 1. The molecule has 4 unspecified atom stereocenters. The van der Waals surface area contributed by atoms with Crippen molar-refractivity contribution in [1.29, 1.82) is 0 Å². The molecule has 3 aliphatic rings. The third kappa shape index (κ3) is 4.41. The molecule has 39 heavy (non-hydrogen) atoms. The Balaban J connectivity index is 1.42. The lowest BCUT2D eigenvalue weighted by atomic mass is 9.77. The highest BCUT2D eigenvalue weighted by atomic mass is 19.4. The molecule has 2 amide bonds. The van der Waals surface area contributed by atoms with Crippen molar-refractivity contribution >= 4 is 17.5 Å². The van der Waals surface area contributed by atoms with Crippen LogP contribution in [0.4, 0.5) is 27.6 Å². The van der Waals surface area contributed by atoms with E-state index in [4.69, 9.17) is 9.47 Å². The average Bonchev–Trinajstić information content (AvgIpc) is 3.11. The number of carbonyl (C=O) groups is 2. The van der Waals surface area contributed by atoms with E-state index in [0.29, 0.717) is 13.1 Å². The summed E-state index contributed by atoms with van der Waals surface area (Å²) in [5.41, 5.74) is -2.79. The third-order valence-corrected chi connectivity index (χ3v) is 8.19. The summed E-state index contributed by atoms with van der Waals surface area (Å²) in [4.78, 5) is 31.9. The molecule has 2 N–H and O–H groups in total. The van der Waals surface area contributed by atoms with Gasteiger partial charge in [-0.15, -0.1) is 0 Å². The zero-order valence-corrected chi connectivity index (χ0v) is 21.4. The van der Waals surface area contributed by atoms with Crippen LogP contribution < -0.4 is 15.4 Å². The largest absolute Gasteiger partial charge is 0.493 e. The first kappa shape index (κ1) is 27.3. The van der Waals surface area contributed by atoms with E-state index < -0.39 is 53.0 Å². The van der Waals surface area contributed by atoms with Crippen LogP contribution in [0.25, 0.3) is 0 Å². The molecule has 1 spiro atoms. The van der Waals surface area contributed by atoms with Crippen molar-refractivity contribution in [2.75, 3.05) is 32.1 Å². The summed E-state index contributed by atoms with van der Waals surface area (Å²) in [6, 6.07) is 4.56. The van der Waals surface area contributed by atoms with Crippen molar-refractivity contribution in [3.63, 3.8) is 0 Å². The number of aromatic nitrogens is 1. The monoisotopic (exact) mass is 554 g/mol. The summed E-state index contributed by atoms with van der Waals surface area (Å²) in [5.74, 6) is -7.29. The van der Waals surface area contributed by atoms with Gasteiger partial charge in [0.25, 0.3) is 11.8 Å². The minimum Gasteiger partial charge on any atom is -0.493 e. The van der Waals surface area contributed by atoms with Crippen LogP contribution in [-0.4, -0.2) is 71.9 Å². The number of anilines is 1. The molecular formula is C26H27F5N4O4. The van der Waals surface area contributed by atoms with Gasteiger partial charge in [-0.1, -0.05) is 13.0 Å². The minimum absolute atomic E-state index is 0.0426. The van der Waals surface area contributed by atoms with Crippen LogP contribution in [0.3, 0.4) is 0 Å². The fraction of sp³-hybridized carbons (Fsp3) is 0.500. The number of methoxy groups -OCH3 is 1. The third-order valence-electron chi connectivity index (χ3n) is 8.19. The number of alkyl halides is 3. The van der Waals surface area contributed by atoms with E-state index in [1.165, 1.54) is 25.3 Å². The zero-order valence-electron chi connectivity index (χ0n) is 21.4. The highest BCUT2D eigenvalue weighted by Gasteiger charge is 2.66. The number of halogens is 5. The maximum Gasteiger partial charge on any atom is 0.417 e. The number of nitrogens with one attached hydrogen (secondary N) is 2. The maximum absolute atomic E-state index is 14.5. The highest BCUT2D eigenvalue weighted by molar-refractivity contribution is 5.98. The van der Waals surface area contributed by atoms with Crippen LogP contribution in [-0.2, 0) is 9.53 Å². The summed E-state index contributed by atoms with van der Waals surface area (Å²) in [7, 11) is 1.05. The van der Waals surface area contributed by atoms with E-state index in [1.807, 2.05) is 0 Å². The van der Waals surface area contributed by atoms with Crippen LogP contribution in [0.2, 0.25) is 0 Å². The van der Waals surface area contributed by atoms with Gasteiger partial charge >= 0.3 is 6.18 Å². The lowest BCUT2D eigenvalue weighted by Gasteiger charge is -2.56. The number of pyridine rings is 1. The second-order valence-electron chi connectivity index (χ2n) is 10.5. The smallest absolute Gasteiger partial charge is 0.417 e. The van der Waals surface area contributed by atoms with Crippen LogP contribution >= 0.6 is 0 Å². The Labute approximate surface area is 220 Å². The summed E-state index contributed by atoms with van der Waals surface area (Å²) in [5, 5.41) is 5.80. The van der Waals surface area contributed by atoms with Gasteiger partial charge in [0.1, 0.15) is 11.8 Å². The average molecular weight is 555 g/mol. The van der Waals surface area contributed by atoms with Crippen molar-refractivity contribution in [3.05, 3.63) is 53.4 Å². The predicted octanol–water partition coefficient (Wildman–Crippen LogP) is 3.63. The molecule has 0 aliphatic carbocycles. The number of carbonyl (C=O) groups excluding carboxylic acids is 2. The topological polar surface area (TPSA) is 92.8 Å². The molecule has 3 saturated heterocycles. The lowest BCUT2D eigenvalue weighted by molar-refractivity contribution is -0.272. The Hall–Kier alpha value is -3.32. The maximum atomic E-state index is 14.5. The van der Waals surface area contributed by atoms with Gasteiger partial charge in [-0.25, -0.2) is 4.39 Å². The van der Waals surface area contributed by atoms with Crippen molar-refractivity contribution in [1.82, 2.24) is 15.2 Å². The Morgan fingerprint density at radius 3 is 2.51 bits per heavy atom. The van der Waals surface area contributed by atoms with Crippen molar-refractivity contribution < 1.29 is 41.0 Å². The van der Waals surface area contributed by atoms with E-state index in [0.717, 1.165) is 39.1 Å². The minimum atomic E-state index is -4.88. The number of hydrogen-bond acceptors (Lipinski definition) is 6. The number of hydrogen-bond donors (Lipinski definition) is 2. The summed E-state index contributed by atoms with van der Waals surface area (Å²) in [6.45, 7) is 4.00. The molecule has 1 aromatic heterocycles. The standard InChI is InChI=1S/C26H27F5N4O4/c1-13-18(15-4-5-16(27)19(28)20(15)38-3)21(39-24(13,2)26(29,30)31)22(36)34-14-6-8-32-17(10-14)23(37)35-11-25(12-35)7-9-33-25/h4-6,8,10,13,18,21,33H,7,9,11-12H2,1-3H3,(H,32,34,36). The Bertz CT molecular complexity index is 1310. The van der Waals surface area contributed by atoms with E-state index in [-0.39, 0.29) is 28.4 Å². The van der Waals surface area contributed by atoms with Gasteiger partial charge in [-0.2, -0.15) is 17.6 Å². The normalized spacial score (nSPS) is 27.6. The molecule has 13 heteroatoms. The first-order valence-corrected chi connectivity index (χ1v) is 12.4. The van der Waals surface area contributed by atoms with Gasteiger partial charge in [-0.05, 0) is 38.1 Å². The van der Waals surface area contributed by atoms with E-state index in [2.05, 4.69) is 15.6 Å². The second-order valence-corrected chi connectivity index (χ2v) is 10.5. The van der Waals surface area contributed by atoms with Crippen LogP contribution in [0.5, 0.6) is 5.75 Å². The van der Waals surface area contributed by atoms with Crippen LogP contribution in [0.1, 0.15) is 42.2 Å². The second kappa shape index (κ2) is 9.40. The summed E-state index contributed by atoms with van der Waals surface area (Å²) in [6.07, 6.45) is -4.36. The first-order chi connectivity index (χ1) is 18.3. The molecule has 0 saturated carbocycles. The van der Waals surface area contributed by atoms with Crippen molar-refractivity contribution in [2.45, 2.75) is 49.6 Å². The summed E-state index contributed by atoms with van der Waals surface area (Å²) < 4.78 is 81.2. The molecule has 8 nitrogen and oxygen atoms in total. The fourth-order valence-corrected chi connectivity index (χ4v) is 5.62. The number of benzene rings is 1. The molecule has 2 aromatic rings. The van der Waals surface area contributed by atoms with Crippen LogP contribution in [0, 0.1) is 17.6 Å². The summed E-state index contributed by atoms with van der Waals surface area (Å²) >= 11 is 0. The molecule has 210 valence electrons. The SMILES string of the molecule is COc1c(C2C(C(=O)Nc3ccnc(C(=O)N4CC5(CCN5)C4)c3)OC(C)(C(F)(F)F)C2C)ccc(F)c1F. The number of amides is 2. The fourth-order valence-electron chi connectivity index (χ4n) is 5.62. The van der Waals surface area contributed by atoms with Gasteiger partial charge in [0, 0.05) is 42.4 Å². The van der Waals surface area contributed by atoms with E-state index in [9.17, 15) is 31.5 Å². The molecule has 4 heterocycles. The number of ether oxygens (including phenoxy) is 2. The molecule has 0 bridgehead atoms. The Morgan fingerprint density at radius 1 is 1.23 bits per heavy atom. The molecule has 0 radical (unpaired) electrons. The van der Waals surface area contributed by atoms with Gasteiger partial charge in [-0.3, -0.25) is 14.6 Å². The first-order valence-electron chi connectivity index (χ1n) is 12.4. The Kier molecular flexibility index (Phi) is 6.57. The lowest BCUT2D eigenvalue weighted by Crippen LogP contribution is -2.76. The van der Waals surface area contributed by atoms with Crippen molar-refractivity contribution in [2.24, 2.45) is 5.92 Å². The van der Waals surface area contributed by atoms with Gasteiger partial charge in [0.15, 0.2) is 17.2 Å². The highest BCUT2D eigenvalue weighted by Crippen LogP contribution is 2.55. The Morgan fingerprint density at radius 2 is 1.92 bits per heavy atom. The predicted molar refractivity (Wildman–Crippen MR) is 128 cm³/mol. The number of rotatable bonds is 5. The van der Waals surface area contributed by atoms with E-state index >= 15 is 0 Å². The zero-order chi connectivity index (χ0) is 28.3. The van der Waals surface area contributed by atoms with Crippen molar-refractivity contribution in [3.8, 4) is 5.75 Å². The number of nitrogens with zero attached hydrogens (tertiary/aromatic N) is 2. The molecule has 5 rings (SSSR count). The molecule has 4 atom stereocenters. The van der Waals surface area contributed by atoms with Crippen LogP contribution in [0.15, 0.2) is 30.5 Å². The van der Waals surface area contributed by atoms with E-state index in [1.54, 1.807) is 4.90 Å². The molecular weight excluding hydrogens is 527 g/mol. The molecule has 3 fully saturated rings. The van der Waals surface area contributed by atoms with Gasteiger partial charge in [0.05, 0.1) is 12.6 Å². The quantitative estimate of drug-likeness (QED) is 0.549. The van der Waals surface area contributed by atoms with Gasteiger partial charge < -0.3 is 25.0 Å². The van der Waals surface area contributed by atoms with Gasteiger partial charge in [0.2, 0.25) is 5.82 Å². The molecule has 1 aromatic carbocycles.